The fraction of sp³-hybridized carbons (Fsp3) is 0.462. The molecule has 2 N–H and O–H groups in total. The van der Waals surface area contributed by atoms with Gasteiger partial charge in [-0.05, 0) is 25.8 Å². The van der Waals surface area contributed by atoms with Crippen LogP contribution in [0.1, 0.15) is 30.1 Å². The topological polar surface area (TPSA) is 90.7 Å². The summed E-state index contributed by atoms with van der Waals surface area (Å²) in [5.74, 6) is -1.65. The third-order valence-corrected chi connectivity index (χ3v) is 3.52. The fourth-order valence-corrected chi connectivity index (χ4v) is 2.42. The molecule has 1 fully saturated rings. The number of aliphatic carboxylic acids is 1. The number of amides is 1. The van der Waals surface area contributed by atoms with Crippen molar-refractivity contribution in [2.45, 2.75) is 25.8 Å². The highest BCUT2D eigenvalue weighted by Crippen LogP contribution is 2.26. The highest BCUT2D eigenvalue weighted by atomic mass is 16.4. The molecule has 1 amide bonds. The molecule has 2 atom stereocenters. The third kappa shape index (κ3) is 2.67. The van der Waals surface area contributed by atoms with Crippen LogP contribution in [0.5, 0.6) is 5.75 Å². The predicted octanol–water partition coefficient (Wildman–Crippen LogP) is 1.11. The lowest BCUT2D eigenvalue weighted by Gasteiger charge is -2.36. The van der Waals surface area contributed by atoms with Crippen molar-refractivity contribution in [3.63, 3.8) is 0 Å². The molecule has 1 saturated heterocycles. The van der Waals surface area contributed by atoms with Crippen molar-refractivity contribution in [1.29, 1.82) is 0 Å². The van der Waals surface area contributed by atoms with E-state index in [-0.39, 0.29) is 23.3 Å². The maximum Gasteiger partial charge on any atom is 0.306 e. The lowest BCUT2D eigenvalue weighted by Crippen LogP contribution is -2.46. The second-order valence-corrected chi connectivity index (χ2v) is 4.80. The number of aromatic hydroxyl groups is 1. The van der Waals surface area contributed by atoms with Crippen LogP contribution in [0.4, 0.5) is 0 Å². The first kappa shape index (κ1) is 13.3. The van der Waals surface area contributed by atoms with Gasteiger partial charge in [0.25, 0.3) is 5.91 Å². The van der Waals surface area contributed by atoms with Gasteiger partial charge in [0.15, 0.2) is 0 Å². The van der Waals surface area contributed by atoms with E-state index in [9.17, 15) is 14.7 Å². The lowest BCUT2D eigenvalue weighted by molar-refractivity contribution is -0.143. The number of carbonyl (C=O) groups is 2. The summed E-state index contributed by atoms with van der Waals surface area (Å²) in [4.78, 5) is 28.6. The summed E-state index contributed by atoms with van der Waals surface area (Å²) in [5, 5.41) is 18.6. The van der Waals surface area contributed by atoms with Crippen molar-refractivity contribution < 1.29 is 19.8 Å². The van der Waals surface area contributed by atoms with Crippen LogP contribution in [-0.2, 0) is 4.79 Å². The van der Waals surface area contributed by atoms with Crippen molar-refractivity contribution in [1.82, 2.24) is 9.88 Å². The Bertz CT molecular complexity index is 503. The molecule has 0 bridgehead atoms. The Balaban J connectivity index is 2.13. The maximum absolute atomic E-state index is 12.3. The quantitative estimate of drug-likeness (QED) is 0.835. The van der Waals surface area contributed by atoms with Crippen LogP contribution in [0.2, 0.25) is 0 Å². The number of carbonyl (C=O) groups excluding carboxylic acids is 1. The van der Waals surface area contributed by atoms with Crippen molar-refractivity contribution in [3.05, 3.63) is 24.0 Å². The molecule has 1 aliphatic rings. The Kier molecular flexibility index (Phi) is 3.69. The van der Waals surface area contributed by atoms with Gasteiger partial charge in [-0.1, -0.05) is 0 Å². The minimum atomic E-state index is -0.814. The van der Waals surface area contributed by atoms with Crippen LogP contribution in [0.25, 0.3) is 0 Å². The van der Waals surface area contributed by atoms with E-state index in [1.54, 1.807) is 4.90 Å². The number of piperidine rings is 1. The molecule has 1 aromatic heterocycles. The average molecular weight is 264 g/mol. The second-order valence-electron chi connectivity index (χ2n) is 4.80. The molecule has 2 unspecified atom stereocenters. The first-order valence-electron chi connectivity index (χ1n) is 6.17. The summed E-state index contributed by atoms with van der Waals surface area (Å²) in [7, 11) is 0. The maximum atomic E-state index is 12.3. The standard InChI is InChI=1S/C13H16N2O4/c1-8-6-9(13(18)19)3-5-15(8)12(17)10-2-4-14-7-11(10)16/h2,4,7-9,16H,3,5-6H2,1H3,(H,18,19). The number of rotatable bonds is 2. The average Bonchev–Trinajstić information content (AvgIpc) is 2.38. The van der Waals surface area contributed by atoms with Crippen molar-refractivity contribution in [2.24, 2.45) is 5.92 Å². The molecular formula is C13H16N2O4. The zero-order chi connectivity index (χ0) is 14.0. The minimum Gasteiger partial charge on any atom is -0.505 e. The van der Waals surface area contributed by atoms with E-state index in [0.717, 1.165) is 0 Å². The molecule has 6 nitrogen and oxygen atoms in total. The van der Waals surface area contributed by atoms with Gasteiger partial charge in [-0.25, -0.2) is 0 Å². The normalized spacial score (nSPS) is 23.1. The Labute approximate surface area is 110 Å². The van der Waals surface area contributed by atoms with Gasteiger partial charge in [-0.2, -0.15) is 0 Å². The summed E-state index contributed by atoms with van der Waals surface area (Å²) in [6.07, 6.45) is 3.55. The minimum absolute atomic E-state index is 0.153. The smallest absolute Gasteiger partial charge is 0.306 e. The predicted molar refractivity (Wildman–Crippen MR) is 66.8 cm³/mol. The number of hydrogen-bond acceptors (Lipinski definition) is 4. The monoisotopic (exact) mass is 264 g/mol. The lowest BCUT2D eigenvalue weighted by atomic mass is 9.91. The molecular weight excluding hydrogens is 248 g/mol. The molecule has 19 heavy (non-hydrogen) atoms. The highest BCUT2D eigenvalue weighted by molar-refractivity contribution is 5.97. The van der Waals surface area contributed by atoms with Crippen LogP contribution in [-0.4, -0.2) is 44.6 Å². The number of aromatic nitrogens is 1. The Morgan fingerprint density at radius 1 is 1.47 bits per heavy atom. The van der Waals surface area contributed by atoms with Gasteiger partial charge < -0.3 is 15.1 Å². The largest absolute Gasteiger partial charge is 0.505 e. The summed E-state index contributed by atoms with van der Waals surface area (Å²) >= 11 is 0. The van der Waals surface area contributed by atoms with Crippen molar-refractivity contribution in [3.8, 4) is 5.75 Å². The summed E-state index contributed by atoms with van der Waals surface area (Å²) in [5.41, 5.74) is 0.204. The van der Waals surface area contributed by atoms with Gasteiger partial charge in [0, 0.05) is 18.8 Å². The Morgan fingerprint density at radius 3 is 2.79 bits per heavy atom. The number of nitrogens with zero attached hydrogens (tertiary/aromatic N) is 2. The molecule has 1 aromatic rings. The first-order chi connectivity index (χ1) is 9.00. The van der Waals surface area contributed by atoms with Crippen LogP contribution < -0.4 is 0 Å². The molecule has 0 spiro atoms. The second kappa shape index (κ2) is 5.26. The molecule has 2 rings (SSSR count). The van der Waals surface area contributed by atoms with Crippen molar-refractivity contribution >= 4 is 11.9 Å². The fourth-order valence-electron chi connectivity index (χ4n) is 2.42. The van der Waals surface area contributed by atoms with Gasteiger partial charge in [0.05, 0.1) is 17.7 Å². The summed E-state index contributed by atoms with van der Waals surface area (Å²) < 4.78 is 0. The number of likely N-dealkylation sites (tertiary alicyclic amines) is 1. The molecule has 0 aliphatic carbocycles. The molecule has 0 aromatic carbocycles. The van der Waals surface area contributed by atoms with E-state index in [1.807, 2.05) is 6.92 Å². The van der Waals surface area contributed by atoms with E-state index >= 15 is 0 Å². The van der Waals surface area contributed by atoms with E-state index in [4.69, 9.17) is 5.11 Å². The molecule has 6 heteroatoms. The number of pyridine rings is 1. The van der Waals surface area contributed by atoms with Crippen LogP contribution in [0, 0.1) is 5.92 Å². The van der Waals surface area contributed by atoms with Gasteiger partial charge in [0.2, 0.25) is 0 Å². The number of carboxylic acid groups (broad SMARTS) is 1. The van der Waals surface area contributed by atoms with E-state index in [2.05, 4.69) is 4.98 Å². The molecule has 102 valence electrons. The summed E-state index contributed by atoms with van der Waals surface area (Å²) in [6.45, 7) is 2.21. The Morgan fingerprint density at radius 2 is 2.21 bits per heavy atom. The first-order valence-corrected chi connectivity index (χ1v) is 6.17. The van der Waals surface area contributed by atoms with Gasteiger partial charge >= 0.3 is 5.97 Å². The van der Waals surface area contributed by atoms with Gasteiger partial charge in [-0.15, -0.1) is 0 Å². The molecule has 0 saturated carbocycles. The molecule has 2 heterocycles. The molecule has 1 aliphatic heterocycles. The number of hydrogen-bond donors (Lipinski definition) is 2. The highest BCUT2D eigenvalue weighted by Gasteiger charge is 2.33. The summed E-state index contributed by atoms with van der Waals surface area (Å²) in [6, 6.07) is 1.31. The zero-order valence-electron chi connectivity index (χ0n) is 10.6. The van der Waals surface area contributed by atoms with Crippen LogP contribution in [0.15, 0.2) is 18.5 Å². The van der Waals surface area contributed by atoms with E-state index in [1.165, 1.54) is 18.5 Å². The van der Waals surface area contributed by atoms with Crippen LogP contribution in [0.3, 0.4) is 0 Å². The van der Waals surface area contributed by atoms with Crippen molar-refractivity contribution in [2.75, 3.05) is 6.54 Å². The van der Waals surface area contributed by atoms with Gasteiger partial charge in [0.1, 0.15) is 5.75 Å². The van der Waals surface area contributed by atoms with Gasteiger partial charge in [-0.3, -0.25) is 14.6 Å². The molecule has 0 radical (unpaired) electrons. The zero-order valence-corrected chi connectivity index (χ0v) is 10.6. The third-order valence-electron chi connectivity index (χ3n) is 3.52. The van der Waals surface area contributed by atoms with Crippen LogP contribution >= 0.6 is 0 Å². The Hall–Kier alpha value is -2.11. The van der Waals surface area contributed by atoms with E-state index in [0.29, 0.717) is 19.4 Å². The van der Waals surface area contributed by atoms with E-state index < -0.39 is 11.9 Å². The SMILES string of the molecule is CC1CC(C(=O)O)CCN1C(=O)c1ccncc1O. The number of carboxylic acids is 1.